The third kappa shape index (κ3) is 4.11. The number of benzene rings is 3. The molecule has 0 aromatic heterocycles. The smallest absolute Gasteiger partial charge is 0.282 e. The average molecular weight is 493 g/mol. The first-order chi connectivity index (χ1) is 15.5. The van der Waals surface area contributed by atoms with Gasteiger partial charge in [0.25, 0.3) is 5.91 Å². The van der Waals surface area contributed by atoms with Crippen molar-refractivity contribution in [2.24, 2.45) is 4.99 Å². The first kappa shape index (κ1) is 21.6. The summed E-state index contributed by atoms with van der Waals surface area (Å²) in [4.78, 5) is 19.8. The Labute approximate surface area is 194 Å². The zero-order valence-electron chi connectivity index (χ0n) is 17.8. The minimum Gasteiger partial charge on any atom is -0.496 e. The first-order valence-corrected chi connectivity index (χ1v) is 10.6. The number of carbonyl (C=O) groups is 1. The molecule has 3 aromatic rings. The summed E-state index contributed by atoms with van der Waals surface area (Å²) in [6.45, 7) is 0. The molecule has 7 heteroatoms. The molecule has 6 nitrogen and oxygen atoms in total. The second-order valence-corrected chi connectivity index (χ2v) is 7.81. The summed E-state index contributed by atoms with van der Waals surface area (Å²) in [5.74, 6) is 2.09. The molecule has 0 aliphatic carbocycles. The number of rotatable bonds is 6. The number of amides is 1. The number of carbonyl (C=O) groups excluding carboxylic acids is 1. The summed E-state index contributed by atoms with van der Waals surface area (Å²) in [5, 5.41) is 0. The fourth-order valence-corrected chi connectivity index (χ4v) is 3.72. The van der Waals surface area contributed by atoms with E-state index in [1.807, 2.05) is 54.6 Å². The number of para-hydroxylation sites is 1. The largest absolute Gasteiger partial charge is 0.496 e. The Morgan fingerprint density at radius 2 is 1.53 bits per heavy atom. The lowest BCUT2D eigenvalue weighted by molar-refractivity contribution is -0.113. The van der Waals surface area contributed by atoms with E-state index in [-0.39, 0.29) is 5.91 Å². The predicted molar refractivity (Wildman–Crippen MR) is 129 cm³/mol. The van der Waals surface area contributed by atoms with Crippen LogP contribution < -0.4 is 19.1 Å². The van der Waals surface area contributed by atoms with Crippen LogP contribution in [0.25, 0.3) is 6.08 Å². The van der Waals surface area contributed by atoms with Crippen molar-refractivity contribution in [3.05, 3.63) is 88.0 Å². The molecule has 1 aliphatic heterocycles. The molecular weight excluding hydrogens is 472 g/mol. The zero-order chi connectivity index (χ0) is 22.7. The number of aliphatic imine (C=N–C) groups is 1. The van der Waals surface area contributed by atoms with Crippen molar-refractivity contribution in [3.63, 3.8) is 0 Å². The van der Waals surface area contributed by atoms with Crippen LogP contribution in [0.4, 0.5) is 5.69 Å². The van der Waals surface area contributed by atoms with Gasteiger partial charge < -0.3 is 14.2 Å². The monoisotopic (exact) mass is 492 g/mol. The van der Waals surface area contributed by atoms with Crippen LogP contribution in [0, 0.1) is 0 Å². The minimum absolute atomic E-state index is 0.233. The van der Waals surface area contributed by atoms with Crippen LogP contribution in [-0.2, 0) is 4.79 Å². The van der Waals surface area contributed by atoms with Crippen LogP contribution in [0.3, 0.4) is 0 Å². The minimum atomic E-state index is -0.233. The van der Waals surface area contributed by atoms with E-state index in [1.165, 1.54) is 0 Å². The van der Waals surface area contributed by atoms with Gasteiger partial charge >= 0.3 is 0 Å². The van der Waals surface area contributed by atoms with E-state index in [1.54, 1.807) is 44.4 Å². The molecule has 1 amide bonds. The summed E-state index contributed by atoms with van der Waals surface area (Å²) >= 11 is 3.45. The van der Waals surface area contributed by atoms with Crippen molar-refractivity contribution in [1.29, 1.82) is 0 Å². The van der Waals surface area contributed by atoms with E-state index in [4.69, 9.17) is 19.2 Å². The maximum absolute atomic E-state index is 13.5. The number of methoxy groups -OCH3 is 3. The zero-order valence-corrected chi connectivity index (χ0v) is 19.4. The van der Waals surface area contributed by atoms with Gasteiger partial charge in [-0.3, -0.25) is 9.69 Å². The van der Waals surface area contributed by atoms with E-state index >= 15 is 0 Å². The number of amidine groups is 1. The molecule has 0 fully saturated rings. The van der Waals surface area contributed by atoms with Crippen LogP contribution in [0.1, 0.15) is 11.1 Å². The standard InChI is InChI=1S/C25H21BrN2O4/c1-30-21-7-5-4-6-19(21)24-27-20(14-16-8-13-22(31-2)23(15-16)32-3)25(29)28(24)18-11-9-17(26)10-12-18/h4-15H,1-3H3/b20-14+. The number of nitrogens with zero attached hydrogens (tertiary/aromatic N) is 2. The Morgan fingerprint density at radius 1 is 0.844 bits per heavy atom. The molecule has 0 N–H and O–H groups in total. The molecule has 1 heterocycles. The molecule has 0 radical (unpaired) electrons. The molecule has 4 rings (SSSR count). The van der Waals surface area contributed by atoms with Gasteiger partial charge in [-0.2, -0.15) is 0 Å². The molecule has 0 unspecified atom stereocenters. The Hall–Kier alpha value is -3.58. The SMILES string of the molecule is COc1ccc(/C=C2/N=C(c3ccccc3OC)N(c3ccc(Br)cc3)C2=O)cc1OC. The number of halogens is 1. The maximum Gasteiger partial charge on any atom is 0.282 e. The Morgan fingerprint density at radius 3 is 2.22 bits per heavy atom. The third-order valence-electron chi connectivity index (χ3n) is 5.00. The summed E-state index contributed by atoms with van der Waals surface area (Å²) in [7, 11) is 4.75. The van der Waals surface area contributed by atoms with E-state index in [0.717, 1.165) is 15.6 Å². The lowest BCUT2D eigenvalue weighted by atomic mass is 10.1. The van der Waals surface area contributed by atoms with Gasteiger partial charge in [-0.05, 0) is 60.2 Å². The average Bonchev–Trinajstić information content (AvgIpc) is 3.15. The second-order valence-electron chi connectivity index (χ2n) is 6.90. The van der Waals surface area contributed by atoms with Gasteiger partial charge in [0.2, 0.25) is 0 Å². The molecule has 0 saturated carbocycles. The quantitative estimate of drug-likeness (QED) is 0.437. The number of hydrogen-bond donors (Lipinski definition) is 0. The molecule has 0 spiro atoms. The summed E-state index contributed by atoms with van der Waals surface area (Å²) < 4.78 is 17.1. The number of anilines is 1. The van der Waals surface area contributed by atoms with Crippen LogP contribution >= 0.6 is 15.9 Å². The highest BCUT2D eigenvalue weighted by Gasteiger charge is 2.33. The van der Waals surface area contributed by atoms with E-state index in [2.05, 4.69) is 15.9 Å². The molecule has 0 saturated heterocycles. The van der Waals surface area contributed by atoms with E-state index < -0.39 is 0 Å². The van der Waals surface area contributed by atoms with Gasteiger partial charge in [0.15, 0.2) is 17.3 Å². The molecule has 0 atom stereocenters. The Bertz CT molecular complexity index is 1220. The van der Waals surface area contributed by atoms with E-state index in [9.17, 15) is 4.79 Å². The fourth-order valence-electron chi connectivity index (χ4n) is 3.46. The predicted octanol–water partition coefficient (Wildman–Crippen LogP) is 5.31. The van der Waals surface area contributed by atoms with Crippen LogP contribution in [-0.4, -0.2) is 33.1 Å². The van der Waals surface area contributed by atoms with Crippen molar-refractivity contribution in [1.82, 2.24) is 0 Å². The molecule has 0 bridgehead atoms. The molecule has 3 aromatic carbocycles. The summed E-state index contributed by atoms with van der Waals surface area (Å²) in [5.41, 5.74) is 2.51. The van der Waals surface area contributed by atoms with E-state index in [0.29, 0.717) is 34.5 Å². The van der Waals surface area contributed by atoms with Crippen LogP contribution in [0.2, 0.25) is 0 Å². The molecule has 162 valence electrons. The first-order valence-electron chi connectivity index (χ1n) is 9.81. The van der Waals surface area contributed by atoms with Crippen molar-refractivity contribution in [2.45, 2.75) is 0 Å². The topological polar surface area (TPSA) is 60.4 Å². The Balaban J connectivity index is 1.84. The normalized spacial score (nSPS) is 14.5. The van der Waals surface area contributed by atoms with Gasteiger partial charge in [0.1, 0.15) is 11.4 Å². The van der Waals surface area contributed by atoms with Crippen molar-refractivity contribution < 1.29 is 19.0 Å². The number of ether oxygens (including phenoxy) is 3. The second kappa shape index (κ2) is 9.28. The van der Waals surface area contributed by atoms with Crippen molar-refractivity contribution in [3.8, 4) is 17.2 Å². The highest BCUT2D eigenvalue weighted by Crippen LogP contribution is 2.33. The molecular formula is C25H21BrN2O4. The summed E-state index contributed by atoms with van der Waals surface area (Å²) in [6.07, 6.45) is 1.73. The van der Waals surface area contributed by atoms with Gasteiger partial charge in [-0.15, -0.1) is 0 Å². The van der Waals surface area contributed by atoms with Gasteiger partial charge in [0, 0.05) is 4.47 Å². The van der Waals surface area contributed by atoms with Gasteiger partial charge in [-0.25, -0.2) is 4.99 Å². The summed E-state index contributed by atoms with van der Waals surface area (Å²) in [6, 6.07) is 20.5. The fraction of sp³-hybridized carbons (Fsp3) is 0.120. The number of hydrogen-bond acceptors (Lipinski definition) is 5. The van der Waals surface area contributed by atoms with Crippen LogP contribution in [0.15, 0.2) is 81.9 Å². The lowest BCUT2D eigenvalue weighted by Gasteiger charge is -2.20. The highest BCUT2D eigenvalue weighted by atomic mass is 79.9. The van der Waals surface area contributed by atoms with Gasteiger partial charge in [0.05, 0.1) is 32.6 Å². The third-order valence-corrected chi connectivity index (χ3v) is 5.53. The maximum atomic E-state index is 13.5. The molecule has 1 aliphatic rings. The highest BCUT2D eigenvalue weighted by molar-refractivity contribution is 9.10. The molecule has 32 heavy (non-hydrogen) atoms. The van der Waals surface area contributed by atoms with Gasteiger partial charge in [-0.1, -0.05) is 34.1 Å². The van der Waals surface area contributed by atoms with Crippen molar-refractivity contribution in [2.75, 3.05) is 26.2 Å². The lowest BCUT2D eigenvalue weighted by Crippen LogP contribution is -2.32. The van der Waals surface area contributed by atoms with Crippen molar-refractivity contribution >= 4 is 39.4 Å². The Kier molecular flexibility index (Phi) is 6.28. The van der Waals surface area contributed by atoms with Crippen LogP contribution in [0.5, 0.6) is 17.2 Å².